The molecule has 15 heavy (non-hydrogen) atoms. The van der Waals surface area contributed by atoms with Gasteiger partial charge in [0.15, 0.2) is 0 Å². The van der Waals surface area contributed by atoms with Crippen LogP contribution in [0.1, 0.15) is 34.1 Å². The highest BCUT2D eigenvalue weighted by atomic mass is 16.3. The summed E-state index contributed by atoms with van der Waals surface area (Å²) in [7, 11) is 0. The normalized spacial score (nSPS) is 15.6. The fourth-order valence-corrected chi connectivity index (χ4v) is 1.69. The molecule has 3 heteroatoms. The molecule has 0 radical (unpaired) electrons. The van der Waals surface area contributed by atoms with Gasteiger partial charge in [-0.1, -0.05) is 34.1 Å². The van der Waals surface area contributed by atoms with Crippen LogP contribution in [-0.2, 0) is 0 Å². The van der Waals surface area contributed by atoms with Gasteiger partial charge in [0.25, 0.3) is 0 Å². The Kier molecular flexibility index (Phi) is 9.06. The SMILES string of the molecule is CCNC(CO)CN(CC)CC(C)CC. The first-order chi connectivity index (χ1) is 7.17. The third-order valence-electron chi connectivity index (χ3n) is 2.91. The molecular weight excluding hydrogens is 188 g/mol. The number of hydrogen-bond donors (Lipinski definition) is 2. The molecule has 0 aliphatic rings. The first kappa shape index (κ1) is 14.9. The lowest BCUT2D eigenvalue weighted by Crippen LogP contribution is -2.44. The molecule has 2 N–H and O–H groups in total. The predicted molar refractivity (Wildman–Crippen MR) is 66.1 cm³/mol. The lowest BCUT2D eigenvalue weighted by Gasteiger charge is -2.28. The van der Waals surface area contributed by atoms with Crippen molar-refractivity contribution in [1.82, 2.24) is 10.2 Å². The minimum absolute atomic E-state index is 0.221. The summed E-state index contributed by atoms with van der Waals surface area (Å²) < 4.78 is 0. The average molecular weight is 216 g/mol. The van der Waals surface area contributed by atoms with Gasteiger partial charge in [0.2, 0.25) is 0 Å². The van der Waals surface area contributed by atoms with Crippen LogP contribution in [0.2, 0.25) is 0 Å². The summed E-state index contributed by atoms with van der Waals surface area (Å²) in [6.45, 7) is 13.1. The van der Waals surface area contributed by atoms with Gasteiger partial charge in [-0.05, 0) is 19.0 Å². The lowest BCUT2D eigenvalue weighted by molar-refractivity contribution is 0.173. The Hall–Kier alpha value is -0.120. The molecule has 2 unspecified atom stereocenters. The van der Waals surface area contributed by atoms with Gasteiger partial charge in [-0.3, -0.25) is 0 Å². The van der Waals surface area contributed by atoms with Crippen molar-refractivity contribution >= 4 is 0 Å². The van der Waals surface area contributed by atoms with E-state index >= 15 is 0 Å². The van der Waals surface area contributed by atoms with Crippen molar-refractivity contribution in [2.45, 2.75) is 40.2 Å². The molecule has 2 atom stereocenters. The van der Waals surface area contributed by atoms with Gasteiger partial charge in [-0.25, -0.2) is 0 Å². The van der Waals surface area contributed by atoms with Crippen LogP contribution < -0.4 is 5.32 Å². The van der Waals surface area contributed by atoms with E-state index in [1.165, 1.54) is 6.42 Å². The zero-order chi connectivity index (χ0) is 11.7. The standard InChI is InChI=1S/C12H28N2O/c1-5-11(4)8-14(7-3)9-12(10-15)13-6-2/h11-13,15H,5-10H2,1-4H3. The van der Waals surface area contributed by atoms with E-state index in [1.807, 2.05) is 0 Å². The van der Waals surface area contributed by atoms with Crippen LogP contribution >= 0.6 is 0 Å². The summed E-state index contributed by atoms with van der Waals surface area (Å²) in [6.07, 6.45) is 1.22. The Balaban J connectivity index is 3.94. The van der Waals surface area contributed by atoms with Crippen molar-refractivity contribution in [3.63, 3.8) is 0 Å². The molecule has 0 fully saturated rings. The molecule has 0 aromatic carbocycles. The first-order valence-corrected chi connectivity index (χ1v) is 6.24. The quantitative estimate of drug-likeness (QED) is 0.610. The highest BCUT2D eigenvalue weighted by Gasteiger charge is 2.12. The molecule has 0 saturated heterocycles. The molecular formula is C12H28N2O. The molecule has 0 spiro atoms. The molecule has 0 bridgehead atoms. The van der Waals surface area contributed by atoms with E-state index in [0.29, 0.717) is 0 Å². The summed E-state index contributed by atoms with van der Waals surface area (Å²) in [6, 6.07) is 0.221. The van der Waals surface area contributed by atoms with Crippen LogP contribution in [0.25, 0.3) is 0 Å². The van der Waals surface area contributed by atoms with Gasteiger partial charge in [0.1, 0.15) is 0 Å². The average Bonchev–Trinajstić information content (AvgIpc) is 2.26. The topological polar surface area (TPSA) is 35.5 Å². The monoisotopic (exact) mass is 216 g/mol. The van der Waals surface area contributed by atoms with Crippen LogP contribution in [-0.4, -0.2) is 48.8 Å². The molecule has 0 aromatic rings. The fraction of sp³-hybridized carbons (Fsp3) is 1.00. The molecule has 0 amide bonds. The molecule has 0 saturated carbocycles. The highest BCUT2D eigenvalue weighted by molar-refractivity contribution is 4.71. The van der Waals surface area contributed by atoms with Crippen molar-refractivity contribution < 1.29 is 5.11 Å². The zero-order valence-corrected chi connectivity index (χ0v) is 10.8. The van der Waals surface area contributed by atoms with E-state index in [0.717, 1.165) is 32.1 Å². The van der Waals surface area contributed by atoms with Crippen molar-refractivity contribution in [2.24, 2.45) is 5.92 Å². The number of likely N-dealkylation sites (N-methyl/N-ethyl adjacent to an activating group) is 2. The van der Waals surface area contributed by atoms with Crippen molar-refractivity contribution in [1.29, 1.82) is 0 Å². The predicted octanol–water partition coefficient (Wildman–Crippen LogP) is 1.32. The second-order valence-electron chi connectivity index (χ2n) is 4.30. The molecule has 0 heterocycles. The smallest absolute Gasteiger partial charge is 0.0597 e. The summed E-state index contributed by atoms with van der Waals surface area (Å²) in [4.78, 5) is 2.41. The maximum atomic E-state index is 9.20. The van der Waals surface area contributed by atoms with Gasteiger partial charge in [0, 0.05) is 19.1 Å². The Morgan fingerprint density at radius 2 is 1.87 bits per heavy atom. The van der Waals surface area contributed by atoms with Crippen molar-refractivity contribution in [2.75, 3.05) is 32.8 Å². The lowest BCUT2D eigenvalue weighted by atomic mass is 10.1. The number of aliphatic hydroxyl groups is 1. The highest BCUT2D eigenvalue weighted by Crippen LogP contribution is 2.04. The summed E-state index contributed by atoms with van der Waals surface area (Å²) in [5, 5.41) is 12.5. The number of rotatable bonds is 9. The van der Waals surface area contributed by atoms with Crippen molar-refractivity contribution in [3.05, 3.63) is 0 Å². The molecule has 0 rings (SSSR count). The molecule has 3 nitrogen and oxygen atoms in total. The van der Waals surface area contributed by atoms with E-state index in [1.54, 1.807) is 0 Å². The zero-order valence-electron chi connectivity index (χ0n) is 10.8. The summed E-state index contributed by atoms with van der Waals surface area (Å²) >= 11 is 0. The van der Waals surface area contributed by atoms with Gasteiger partial charge in [-0.15, -0.1) is 0 Å². The van der Waals surface area contributed by atoms with Crippen LogP contribution in [0.15, 0.2) is 0 Å². The third kappa shape index (κ3) is 6.88. The largest absolute Gasteiger partial charge is 0.395 e. The van der Waals surface area contributed by atoms with Gasteiger partial charge in [-0.2, -0.15) is 0 Å². The van der Waals surface area contributed by atoms with E-state index in [-0.39, 0.29) is 12.6 Å². The van der Waals surface area contributed by atoms with Crippen LogP contribution in [0.4, 0.5) is 0 Å². The first-order valence-electron chi connectivity index (χ1n) is 6.24. The summed E-state index contributed by atoms with van der Waals surface area (Å²) in [5.41, 5.74) is 0. The third-order valence-corrected chi connectivity index (χ3v) is 2.91. The fourth-order valence-electron chi connectivity index (χ4n) is 1.69. The Labute approximate surface area is 94.9 Å². The maximum Gasteiger partial charge on any atom is 0.0597 e. The maximum absolute atomic E-state index is 9.20. The van der Waals surface area contributed by atoms with Gasteiger partial charge >= 0.3 is 0 Å². The Morgan fingerprint density at radius 3 is 2.27 bits per heavy atom. The van der Waals surface area contributed by atoms with Gasteiger partial charge < -0.3 is 15.3 Å². The van der Waals surface area contributed by atoms with Gasteiger partial charge in [0.05, 0.1) is 6.61 Å². The van der Waals surface area contributed by atoms with E-state index < -0.39 is 0 Å². The van der Waals surface area contributed by atoms with Crippen LogP contribution in [0.3, 0.4) is 0 Å². The minimum Gasteiger partial charge on any atom is -0.395 e. The van der Waals surface area contributed by atoms with Crippen LogP contribution in [0, 0.1) is 5.92 Å². The molecule has 0 aliphatic carbocycles. The van der Waals surface area contributed by atoms with E-state index in [4.69, 9.17) is 0 Å². The number of nitrogens with zero attached hydrogens (tertiary/aromatic N) is 1. The van der Waals surface area contributed by atoms with E-state index in [2.05, 4.69) is 37.9 Å². The second kappa shape index (κ2) is 9.13. The molecule has 92 valence electrons. The Bertz CT molecular complexity index is 142. The number of nitrogens with one attached hydrogen (secondary N) is 1. The summed E-state index contributed by atoms with van der Waals surface area (Å²) in [5.74, 6) is 0.742. The minimum atomic E-state index is 0.221. The van der Waals surface area contributed by atoms with Crippen molar-refractivity contribution in [3.8, 4) is 0 Å². The Morgan fingerprint density at radius 1 is 1.20 bits per heavy atom. The number of hydrogen-bond acceptors (Lipinski definition) is 3. The molecule has 0 aromatic heterocycles. The number of aliphatic hydroxyl groups excluding tert-OH is 1. The van der Waals surface area contributed by atoms with Crippen LogP contribution in [0.5, 0.6) is 0 Å². The van der Waals surface area contributed by atoms with E-state index in [9.17, 15) is 5.11 Å². The second-order valence-corrected chi connectivity index (χ2v) is 4.30. The molecule has 0 aliphatic heterocycles.